The second kappa shape index (κ2) is 5.96. The van der Waals surface area contributed by atoms with Crippen LogP contribution in [-0.4, -0.2) is 17.1 Å². The first-order valence-electron chi connectivity index (χ1n) is 5.65. The second-order valence-corrected chi connectivity index (χ2v) is 3.86. The molecule has 7 heteroatoms. The minimum Gasteiger partial charge on any atom is -0.479 e. The summed E-state index contributed by atoms with van der Waals surface area (Å²) in [7, 11) is 1.80. The molecule has 0 aliphatic heterocycles. The quantitative estimate of drug-likeness (QED) is 0.632. The van der Waals surface area contributed by atoms with Gasteiger partial charge >= 0.3 is 5.69 Å². The number of rotatable bonds is 6. The van der Waals surface area contributed by atoms with Crippen molar-refractivity contribution in [3.05, 3.63) is 51.9 Å². The van der Waals surface area contributed by atoms with Crippen LogP contribution in [0, 0.1) is 10.1 Å². The molecule has 0 bridgehead atoms. The molecule has 1 heterocycles. The molecule has 0 radical (unpaired) electrons. The van der Waals surface area contributed by atoms with E-state index >= 15 is 0 Å². The number of ether oxygens (including phenoxy) is 1. The Kier molecular flexibility index (Phi) is 4.09. The summed E-state index contributed by atoms with van der Waals surface area (Å²) in [6.07, 6.45) is 1.49. The molecule has 100 valence electrons. The monoisotopic (exact) mass is 263 g/mol. The van der Waals surface area contributed by atoms with Gasteiger partial charge in [0, 0.05) is 18.7 Å². The molecule has 1 N–H and O–H groups in total. The molecular weight excluding hydrogens is 250 g/mol. The average molecular weight is 263 g/mol. The maximum absolute atomic E-state index is 10.9. The Morgan fingerprint density at radius 3 is 2.95 bits per heavy atom. The van der Waals surface area contributed by atoms with Gasteiger partial charge in [0.05, 0.1) is 11.1 Å². The fourth-order valence-electron chi connectivity index (χ4n) is 1.60. The van der Waals surface area contributed by atoms with Crippen LogP contribution in [0.15, 0.2) is 35.0 Å². The second-order valence-electron chi connectivity index (χ2n) is 3.86. The number of nitro benzene ring substituents is 1. The topological polar surface area (TPSA) is 90.4 Å². The summed E-state index contributed by atoms with van der Waals surface area (Å²) >= 11 is 0. The highest BCUT2D eigenvalue weighted by Crippen LogP contribution is 2.28. The number of aromatic nitrogens is 1. The summed E-state index contributed by atoms with van der Waals surface area (Å²) in [5.74, 6) is 0.725. The van der Waals surface area contributed by atoms with Gasteiger partial charge < -0.3 is 14.6 Å². The lowest BCUT2D eigenvalue weighted by atomic mass is 10.2. The van der Waals surface area contributed by atoms with E-state index in [0.717, 1.165) is 5.56 Å². The Balaban J connectivity index is 2.19. The number of nitro groups is 1. The zero-order valence-electron chi connectivity index (χ0n) is 10.3. The first kappa shape index (κ1) is 13.0. The Labute approximate surface area is 109 Å². The van der Waals surface area contributed by atoms with Crippen LogP contribution in [0.2, 0.25) is 0 Å². The van der Waals surface area contributed by atoms with E-state index in [0.29, 0.717) is 12.3 Å². The Bertz CT molecular complexity index is 554. The van der Waals surface area contributed by atoms with Gasteiger partial charge in [-0.3, -0.25) is 10.1 Å². The Hall–Kier alpha value is -2.41. The van der Waals surface area contributed by atoms with Crippen molar-refractivity contribution >= 4 is 5.69 Å². The van der Waals surface area contributed by atoms with Crippen LogP contribution in [0.3, 0.4) is 0 Å². The van der Waals surface area contributed by atoms with Crippen LogP contribution >= 0.6 is 0 Å². The van der Waals surface area contributed by atoms with Crippen LogP contribution in [0.5, 0.6) is 5.75 Å². The van der Waals surface area contributed by atoms with Crippen LogP contribution < -0.4 is 10.1 Å². The molecule has 0 saturated heterocycles. The first-order chi connectivity index (χ1) is 9.20. The standard InChI is InChI=1S/C12H13N3O4/c1-13-7-9-2-3-11(15(16)17)12(6-9)18-8-10-4-5-14-19-10/h2-6,13H,7-8H2,1H3. The molecule has 0 spiro atoms. The minimum absolute atomic E-state index is 0.0700. The number of nitrogens with one attached hydrogen (secondary N) is 1. The van der Waals surface area contributed by atoms with Gasteiger partial charge in [-0.1, -0.05) is 11.2 Å². The molecule has 0 aliphatic rings. The third kappa shape index (κ3) is 3.29. The van der Waals surface area contributed by atoms with Gasteiger partial charge in [-0.25, -0.2) is 0 Å². The Morgan fingerprint density at radius 2 is 2.32 bits per heavy atom. The maximum Gasteiger partial charge on any atom is 0.310 e. The molecule has 2 aromatic rings. The molecule has 0 fully saturated rings. The lowest BCUT2D eigenvalue weighted by Crippen LogP contribution is -2.06. The fraction of sp³-hybridized carbons (Fsp3) is 0.250. The van der Waals surface area contributed by atoms with Gasteiger partial charge in [-0.2, -0.15) is 0 Å². The summed E-state index contributed by atoms with van der Waals surface area (Å²) in [5, 5.41) is 17.4. The van der Waals surface area contributed by atoms with E-state index < -0.39 is 4.92 Å². The normalized spacial score (nSPS) is 10.4. The third-order valence-corrected chi connectivity index (χ3v) is 2.46. The molecular formula is C12H13N3O4. The predicted octanol–water partition coefficient (Wildman–Crippen LogP) is 1.88. The van der Waals surface area contributed by atoms with Gasteiger partial charge in [0.1, 0.15) is 6.61 Å². The van der Waals surface area contributed by atoms with Crippen molar-refractivity contribution in [2.75, 3.05) is 7.05 Å². The van der Waals surface area contributed by atoms with Crippen LogP contribution in [0.1, 0.15) is 11.3 Å². The molecule has 2 rings (SSSR count). The lowest BCUT2D eigenvalue weighted by molar-refractivity contribution is -0.386. The number of nitrogens with zero attached hydrogens (tertiary/aromatic N) is 2. The van der Waals surface area contributed by atoms with Crippen LogP contribution in [0.25, 0.3) is 0 Å². The molecule has 0 aliphatic carbocycles. The molecule has 19 heavy (non-hydrogen) atoms. The van der Waals surface area contributed by atoms with E-state index in [-0.39, 0.29) is 18.0 Å². The highest BCUT2D eigenvalue weighted by atomic mass is 16.6. The van der Waals surface area contributed by atoms with Crippen molar-refractivity contribution in [3.8, 4) is 5.75 Å². The van der Waals surface area contributed by atoms with E-state index in [1.54, 1.807) is 25.2 Å². The van der Waals surface area contributed by atoms with Crippen molar-refractivity contribution in [2.24, 2.45) is 0 Å². The van der Waals surface area contributed by atoms with Gasteiger partial charge in [0.15, 0.2) is 11.5 Å². The average Bonchev–Trinajstić information content (AvgIpc) is 2.89. The Morgan fingerprint density at radius 1 is 1.47 bits per heavy atom. The maximum atomic E-state index is 10.9. The fourth-order valence-corrected chi connectivity index (χ4v) is 1.60. The molecule has 0 amide bonds. The summed E-state index contributed by atoms with van der Waals surface area (Å²) in [6, 6.07) is 6.41. The summed E-state index contributed by atoms with van der Waals surface area (Å²) in [4.78, 5) is 10.5. The zero-order chi connectivity index (χ0) is 13.7. The lowest BCUT2D eigenvalue weighted by Gasteiger charge is -2.07. The van der Waals surface area contributed by atoms with Crippen molar-refractivity contribution in [1.29, 1.82) is 0 Å². The SMILES string of the molecule is CNCc1ccc([N+](=O)[O-])c(OCc2ccno2)c1. The van der Waals surface area contributed by atoms with Crippen LogP contribution in [0.4, 0.5) is 5.69 Å². The van der Waals surface area contributed by atoms with Crippen LogP contribution in [-0.2, 0) is 13.2 Å². The summed E-state index contributed by atoms with van der Waals surface area (Å²) in [6.45, 7) is 0.709. The zero-order valence-corrected chi connectivity index (χ0v) is 10.3. The highest BCUT2D eigenvalue weighted by molar-refractivity contribution is 5.48. The highest BCUT2D eigenvalue weighted by Gasteiger charge is 2.16. The van der Waals surface area contributed by atoms with Crippen molar-refractivity contribution < 1.29 is 14.2 Å². The van der Waals surface area contributed by atoms with E-state index in [4.69, 9.17) is 9.26 Å². The van der Waals surface area contributed by atoms with Crippen molar-refractivity contribution in [2.45, 2.75) is 13.2 Å². The van der Waals surface area contributed by atoms with Gasteiger partial charge in [0.25, 0.3) is 0 Å². The molecule has 0 atom stereocenters. The summed E-state index contributed by atoms with van der Waals surface area (Å²) < 4.78 is 10.3. The molecule has 0 unspecified atom stereocenters. The smallest absolute Gasteiger partial charge is 0.310 e. The van der Waals surface area contributed by atoms with Crippen molar-refractivity contribution in [3.63, 3.8) is 0 Å². The summed E-state index contributed by atoms with van der Waals surface area (Å²) in [5.41, 5.74) is 0.833. The predicted molar refractivity (Wildman–Crippen MR) is 66.7 cm³/mol. The molecule has 0 saturated carbocycles. The molecule has 1 aromatic carbocycles. The van der Waals surface area contributed by atoms with Gasteiger partial charge in [-0.05, 0) is 18.7 Å². The number of benzene rings is 1. The van der Waals surface area contributed by atoms with Gasteiger partial charge in [-0.15, -0.1) is 0 Å². The van der Waals surface area contributed by atoms with E-state index in [2.05, 4.69) is 10.5 Å². The van der Waals surface area contributed by atoms with E-state index in [9.17, 15) is 10.1 Å². The largest absolute Gasteiger partial charge is 0.479 e. The van der Waals surface area contributed by atoms with Gasteiger partial charge in [0.2, 0.25) is 0 Å². The first-order valence-corrected chi connectivity index (χ1v) is 5.65. The van der Waals surface area contributed by atoms with E-state index in [1.807, 2.05) is 0 Å². The van der Waals surface area contributed by atoms with E-state index in [1.165, 1.54) is 12.3 Å². The molecule has 1 aromatic heterocycles. The number of hydrogen-bond acceptors (Lipinski definition) is 6. The van der Waals surface area contributed by atoms with Crippen molar-refractivity contribution in [1.82, 2.24) is 10.5 Å². The third-order valence-electron chi connectivity index (χ3n) is 2.46. The molecule has 7 nitrogen and oxygen atoms in total. The minimum atomic E-state index is -0.473. The number of hydrogen-bond donors (Lipinski definition) is 1.